The van der Waals surface area contributed by atoms with Crippen LogP contribution in [0.1, 0.15) is 19.3 Å². The highest BCUT2D eigenvalue weighted by atomic mass is 19.1. The summed E-state index contributed by atoms with van der Waals surface area (Å²) in [5.74, 6) is -0.527. The van der Waals surface area contributed by atoms with Gasteiger partial charge in [-0.25, -0.2) is 9.18 Å². The van der Waals surface area contributed by atoms with Crippen molar-refractivity contribution in [2.75, 3.05) is 5.32 Å². The largest absolute Gasteiger partial charge is 0.335 e. The zero-order valence-corrected chi connectivity index (χ0v) is 8.16. The van der Waals surface area contributed by atoms with E-state index in [4.69, 9.17) is 0 Å². The van der Waals surface area contributed by atoms with Gasteiger partial charge in [0.15, 0.2) is 5.82 Å². The molecule has 5 heteroatoms. The first kappa shape index (κ1) is 9.89. The number of carbonyl (C=O) groups is 1. The van der Waals surface area contributed by atoms with Gasteiger partial charge < -0.3 is 10.6 Å². The summed E-state index contributed by atoms with van der Waals surface area (Å²) in [7, 11) is 0. The van der Waals surface area contributed by atoms with Gasteiger partial charge in [0.25, 0.3) is 0 Å². The van der Waals surface area contributed by atoms with Gasteiger partial charge in [-0.2, -0.15) is 0 Å². The van der Waals surface area contributed by atoms with Crippen molar-refractivity contribution in [3.8, 4) is 0 Å². The van der Waals surface area contributed by atoms with Crippen LogP contribution in [0, 0.1) is 5.82 Å². The van der Waals surface area contributed by atoms with Gasteiger partial charge in [0.05, 0.1) is 11.9 Å². The average Bonchev–Trinajstić information content (AvgIpc) is 2.16. The lowest BCUT2D eigenvalue weighted by Gasteiger charge is -2.26. The number of anilines is 1. The van der Waals surface area contributed by atoms with Crippen molar-refractivity contribution in [2.24, 2.45) is 0 Å². The van der Waals surface area contributed by atoms with Gasteiger partial charge >= 0.3 is 6.03 Å². The lowest BCUT2D eigenvalue weighted by Crippen LogP contribution is -2.41. The molecule has 0 bridgehead atoms. The standard InChI is InChI=1S/C10H12FN3O/c11-8-6-12-5-4-9(8)14-10(15)13-7-2-1-3-7/h4-7H,1-3H2,(H2,12,13,14,15). The van der Waals surface area contributed by atoms with Crippen molar-refractivity contribution < 1.29 is 9.18 Å². The highest BCUT2D eigenvalue weighted by molar-refractivity contribution is 5.89. The maximum atomic E-state index is 13.1. The van der Waals surface area contributed by atoms with Crippen LogP contribution >= 0.6 is 0 Å². The third-order valence-electron chi connectivity index (χ3n) is 2.46. The summed E-state index contributed by atoms with van der Waals surface area (Å²) in [6.45, 7) is 0. The maximum Gasteiger partial charge on any atom is 0.319 e. The molecule has 80 valence electrons. The predicted octanol–water partition coefficient (Wildman–Crippen LogP) is 1.89. The summed E-state index contributed by atoms with van der Waals surface area (Å²) in [6.07, 6.45) is 5.66. The normalized spacial score (nSPS) is 15.5. The summed E-state index contributed by atoms with van der Waals surface area (Å²) < 4.78 is 13.1. The highest BCUT2D eigenvalue weighted by Crippen LogP contribution is 2.18. The second-order valence-electron chi connectivity index (χ2n) is 3.58. The number of nitrogens with zero attached hydrogens (tertiary/aromatic N) is 1. The molecule has 0 saturated heterocycles. The topological polar surface area (TPSA) is 54.0 Å². The van der Waals surface area contributed by atoms with E-state index in [-0.39, 0.29) is 17.8 Å². The maximum absolute atomic E-state index is 13.1. The number of rotatable bonds is 2. The minimum atomic E-state index is -0.527. The van der Waals surface area contributed by atoms with E-state index in [1.54, 1.807) is 0 Å². The van der Waals surface area contributed by atoms with Gasteiger partial charge in [0.1, 0.15) is 0 Å². The fourth-order valence-corrected chi connectivity index (χ4v) is 1.37. The molecule has 1 heterocycles. The van der Waals surface area contributed by atoms with E-state index in [9.17, 15) is 9.18 Å². The van der Waals surface area contributed by atoms with Crippen LogP contribution in [0.15, 0.2) is 18.5 Å². The molecule has 0 aliphatic heterocycles. The summed E-state index contributed by atoms with van der Waals surface area (Å²) in [5.41, 5.74) is 0.154. The molecule has 1 aliphatic rings. The Hall–Kier alpha value is -1.65. The lowest BCUT2D eigenvalue weighted by atomic mass is 9.93. The van der Waals surface area contributed by atoms with E-state index in [0.29, 0.717) is 0 Å². The van der Waals surface area contributed by atoms with Crippen LogP contribution in [0.3, 0.4) is 0 Å². The highest BCUT2D eigenvalue weighted by Gasteiger charge is 2.19. The number of halogens is 1. The Labute approximate surface area is 86.9 Å². The molecule has 1 aromatic rings. The molecule has 1 aliphatic carbocycles. The van der Waals surface area contributed by atoms with Crippen molar-refractivity contribution in [1.29, 1.82) is 0 Å². The van der Waals surface area contributed by atoms with Crippen LogP contribution in [0.25, 0.3) is 0 Å². The number of carbonyl (C=O) groups excluding carboxylic acids is 1. The minimum absolute atomic E-state index is 0.154. The smallest absolute Gasteiger partial charge is 0.319 e. The molecule has 0 unspecified atom stereocenters. The number of aromatic nitrogens is 1. The van der Waals surface area contributed by atoms with Crippen molar-refractivity contribution in [3.05, 3.63) is 24.3 Å². The molecule has 0 radical (unpaired) electrons. The van der Waals surface area contributed by atoms with E-state index in [1.807, 2.05) is 0 Å². The molecule has 15 heavy (non-hydrogen) atoms. The van der Waals surface area contributed by atoms with E-state index in [0.717, 1.165) is 25.5 Å². The van der Waals surface area contributed by atoms with Crippen molar-refractivity contribution in [3.63, 3.8) is 0 Å². The molecule has 0 atom stereocenters. The summed E-state index contributed by atoms with van der Waals surface area (Å²) in [5, 5.41) is 5.20. The Morgan fingerprint density at radius 3 is 2.93 bits per heavy atom. The van der Waals surface area contributed by atoms with Gasteiger partial charge in [-0.1, -0.05) is 0 Å². The third-order valence-corrected chi connectivity index (χ3v) is 2.46. The van der Waals surface area contributed by atoms with Gasteiger partial charge in [-0.15, -0.1) is 0 Å². The monoisotopic (exact) mass is 209 g/mol. The van der Waals surface area contributed by atoms with Crippen molar-refractivity contribution in [1.82, 2.24) is 10.3 Å². The summed E-state index contributed by atoms with van der Waals surface area (Å²) >= 11 is 0. The molecule has 4 nitrogen and oxygen atoms in total. The summed E-state index contributed by atoms with van der Waals surface area (Å²) in [6, 6.07) is 1.31. The quantitative estimate of drug-likeness (QED) is 0.781. The fourth-order valence-electron chi connectivity index (χ4n) is 1.37. The van der Waals surface area contributed by atoms with Gasteiger partial charge in [0, 0.05) is 12.2 Å². The van der Waals surface area contributed by atoms with Gasteiger partial charge in [0.2, 0.25) is 0 Å². The molecule has 1 fully saturated rings. The molecular formula is C10H12FN3O. The van der Waals surface area contributed by atoms with E-state index < -0.39 is 5.82 Å². The van der Waals surface area contributed by atoms with Crippen LogP contribution in [0.2, 0.25) is 0 Å². The van der Waals surface area contributed by atoms with Crippen molar-refractivity contribution >= 4 is 11.7 Å². The van der Waals surface area contributed by atoms with Gasteiger partial charge in [-0.05, 0) is 25.3 Å². The number of pyridine rings is 1. The molecule has 2 amide bonds. The third kappa shape index (κ3) is 2.43. The van der Waals surface area contributed by atoms with Crippen LogP contribution in [-0.4, -0.2) is 17.1 Å². The zero-order valence-electron chi connectivity index (χ0n) is 8.16. The minimum Gasteiger partial charge on any atom is -0.335 e. The van der Waals surface area contributed by atoms with Crippen LogP contribution < -0.4 is 10.6 Å². The number of urea groups is 1. The molecule has 1 aromatic heterocycles. The molecule has 2 N–H and O–H groups in total. The Kier molecular flexibility index (Phi) is 2.80. The zero-order chi connectivity index (χ0) is 10.7. The predicted molar refractivity (Wildman–Crippen MR) is 54.0 cm³/mol. The average molecular weight is 209 g/mol. The van der Waals surface area contributed by atoms with E-state index >= 15 is 0 Å². The first-order chi connectivity index (χ1) is 7.25. The summed E-state index contributed by atoms with van der Waals surface area (Å²) in [4.78, 5) is 15.0. The molecular weight excluding hydrogens is 197 g/mol. The Balaban J connectivity index is 1.90. The second-order valence-corrected chi connectivity index (χ2v) is 3.58. The number of amides is 2. The van der Waals surface area contributed by atoms with Crippen LogP contribution in [-0.2, 0) is 0 Å². The first-order valence-corrected chi connectivity index (χ1v) is 4.93. The first-order valence-electron chi connectivity index (χ1n) is 4.93. The van der Waals surface area contributed by atoms with Crippen LogP contribution in [0.5, 0.6) is 0 Å². The van der Waals surface area contributed by atoms with E-state index in [2.05, 4.69) is 15.6 Å². The Morgan fingerprint density at radius 2 is 2.33 bits per heavy atom. The van der Waals surface area contributed by atoms with E-state index in [1.165, 1.54) is 12.3 Å². The number of hydrogen-bond acceptors (Lipinski definition) is 2. The number of hydrogen-bond donors (Lipinski definition) is 2. The fraction of sp³-hybridized carbons (Fsp3) is 0.400. The SMILES string of the molecule is O=C(Nc1ccncc1F)NC1CCC1. The molecule has 2 rings (SSSR count). The lowest BCUT2D eigenvalue weighted by molar-refractivity contribution is 0.240. The second kappa shape index (κ2) is 4.25. The Bertz CT molecular complexity index is 365. The Morgan fingerprint density at radius 1 is 1.53 bits per heavy atom. The van der Waals surface area contributed by atoms with Crippen LogP contribution in [0.4, 0.5) is 14.9 Å². The number of nitrogens with one attached hydrogen (secondary N) is 2. The van der Waals surface area contributed by atoms with Gasteiger partial charge in [-0.3, -0.25) is 4.98 Å². The molecule has 0 spiro atoms. The van der Waals surface area contributed by atoms with Crippen molar-refractivity contribution in [2.45, 2.75) is 25.3 Å². The molecule has 0 aromatic carbocycles. The molecule has 1 saturated carbocycles.